The van der Waals surface area contributed by atoms with Crippen LogP contribution < -0.4 is 5.32 Å². The van der Waals surface area contributed by atoms with Crippen molar-refractivity contribution in [1.82, 2.24) is 15.1 Å². The van der Waals surface area contributed by atoms with E-state index < -0.39 is 5.91 Å². The number of hydrogen-bond acceptors (Lipinski definition) is 5. The van der Waals surface area contributed by atoms with Crippen LogP contribution in [0, 0.1) is 0 Å². The second-order valence-corrected chi connectivity index (χ2v) is 7.64. The summed E-state index contributed by atoms with van der Waals surface area (Å²) in [6.07, 6.45) is 1.32. The highest BCUT2D eigenvalue weighted by atomic mass is 35.5. The Morgan fingerprint density at radius 1 is 1.15 bits per heavy atom. The van der Waals surface area contributed by atoms with E-state index in [0.717, 1.165) is 13.1 Å². The number of morpholine rings is 1. The van der Waals surface area contributed by atoms with E-state index in [1.165, 1.54) is 12.1 Å². The summed E-state index contributed by atoms with van der Waals surface area (Å²) in [6.45, 7) is 4.50. The number of likely N-dealkylation sites (tertiary alicyclic amines) is 1. The number of halogens is 2. The first-order valence-corrected chi connectivity index (χ1v) is 9.76. The van der Waals surface area contributed by atoms with Gasteiger partial charge in [0.1, 0.15) is 5.75 Å². The fourth-order valence-corrected chi connectivity index (χ4v) is 3.82. The fraction of sp³-hybridized carbons (Fsp3) is 0.556. The summed E-state index contributed by atoms with van der Waals surface area (Å²) < 4.78 is 5.30. The highest BCUT2D eigenvalue weighted by Gasteiger charge is 2.26. The molecule has 0 bridgehead atoms. The topological polar surface area (TPSA) is 82.1 Å². The molecule has 0 aromatic heterocycles. The van der Waals surface area contributed by atoms with Gasteiger partial charge in [-0.3, -0.25) is 14.5 Å². The van der Waals surface area contributed by atoms with E-state index in [4.69, 9.17) is 27.9 Å². The Hall–Kier alpha value is -1.54. The van der Waals surface area contributed by atoms with Gasteiger partial charge in [-0.25, -0.2) is 0 Å². The predicted octanol–water partition coefficient (Wildman–Crippen LogP) is 1.75. The van der Waals surface area contributed by atoms with Gasteiger partial charge in [-0.05, 0) is 25.0 Å². The van der Waals surface area contributed by atoms with Crippen LogP contribution in [0.2, 0.25) is 10.0 Å². The number of phenolic OH excluding ortho intramolecular Hbond substituents is 1. The van der Waals surface area contributed by atoms with Gasteiger partial charge in [-0.1, -0.05) is 23.2 Å². The molecule has 2 aliphatic heterocycles. The molecule has 2 saturated heterocycles. The zero-order valence-electron chi connectivity index (χ0n) is 14.9. The van der Waals surface area contributed by atoms with Crippen LogP contribution in [0.25, 0.3) is 0 Å². The molecule has 2 amide bonds. The summed E-state index contributed by atoms with van der Waals surface area (Å²) in [6, 6.07) is 2.70. The molecule has 1 aromatic carbocycles. The van der Waals surface area contributed by atoms with Gasteiger partial charge in [-0.2, -0.15) is 0 Å². The van der Waals surface area contributed by atoms with Crippen molar-refractivity contribution in [3.05, 3.63) is 27.7 Å². The zero-order chi connectivity index (χ0) is 19.4. The Balaban J connectivity index is 1.49. The Morgan fingerprint density at radius 3 is 2.48 bits per heavy atom. The number of phenols is 1. The molecule has 0 aliphatic carbocycles. The third kappa shape index (κ3) is 5.25. The second-order valence-electron chi connectivity index (χ2n) is 6.80. The molecule has 0 atom stereocenters. The van der Waals surface area contributed by atoms with Crippen molar-refractivity contribution in [2.24, 2.45) is 0 Å². The molecular formula is C18H23Cl2N3O4. The lowest BCUT2D eigenvalue weighted by atomic mass is 10.0. The zero-order valence-corrected chi connectivity index (χ0v) is 16.4. The molecule has 0 saturated carbocycles. The van der Waals surface area contributed by atoms with E-state index in [1.54, 1.807) is 0 Å². The van der Waals surface area contributed by atoms with Gasteiger partial charge in [0, 0.05) is 37.2 Å². The van der Waals surface area contributed by atoms with Gasteiger partial charge in [-0.15, -0.1) is 0 Å². The normalized spacial score (nSPS) is 19.1. The molecule has 27 heavy (non-hydrogen) atoms. The molecule has 2 heterocycles. The molecule has 7 nitrogen and oxygen atoms in total. The lowest BCUT2D eigenvalue weighted by molar-refractivity contribution is -0.134. The minimum Gasteiger partial charge on any atom is -0.506 e. The van der Waals surface area contributed by atoms with Crippen LogP contribution in [0.1, 0.15) is 23.2 Å². The molecule has 3 rings (SSSR count). The van der Waals surface area contributed by atoms with Crippen molar-refractivity contribution < 1.29 is 19.4 Å². The van der Waals surface area contributed by atoms with Crippen molar-refractivity contribution in [2.45, 2.75) is 18.9 Å². The Morgan fingerprint density at radius 2 is 1.81 bits per heavy atom. The first-order valence-electron chi connectivity index (χ1n) is 9.01. The van der Waals surface area contributed by atoms with E-state index in [0.29, 0.717) is 45.7 Å². The molecular weight excluding hydrogens is 393 g/mol. The average molecular weight is 416 g/mol. The Kier molecular flexibility index (Phi) is 6.81. The predicted molar refractivity (Wildman–Crippen MR) is 102 cm³/mol. The van der Waals surface area contributed by atoms with Crippen molar-refractivity contribution >= 4 is 35.0 Å². The second kappa shape index (κ2) is 9.10. The van der Waals surface area contributed by atoms with E-state index >= 15 is 0 Å². The molecule has 2 N–H and O–H groups in total. The van der Waals surface area contributed by atoms with Gasteiger partial charge in [0.05, 0.1) is 30.3 Å². The molecule has 148 valence electrons. The number of aromatic hydroxyl groups is 1. The first kappa shape index (κ1) is 20.2. The third-order valence-corrected chi connectivity index (χ3v) is 5.42. The Bertz CT molecular complexity index is 702. The SMILES string of the molecule is O=C(NC1CCN(C(=O)CN2CCOCC2)CC1)c1cc(Cl)cc(Cl)c1O. The first-order chi connectivity index (χ1) is 12.9. The number of ether oxygens (including phenoxy) is 1. The largest absolute Gasteiger partial charge is 0.506 e. The highest BCUT2D eigenvalue weighted by Crippen LogP contribution is 2.31. The fourth-order valence-electron chi connectivity index (χ4n) is 3.33. The number of benzene rings is 1. The standard InChI is InChI=1S/C18H23Cl2N3O4/c19-12-9-14(17(25)15(20)10-12)18(26)21-13-1-3-23(4-2-13)16(24)11-22-5-7-27-8-6-22/h9-10,13,25H,1-8,11H2,(H,21,26). The summed E-state index contributed by atoms with van der Waals surface area (Å²) in [5.41, 5.74) is 0.0540. The van der Waals surface area contributed by atoms with Crippen LogP contribution in [0.4, 0.5) is 0 Å². The molecule has 9 heteroatoms. The number of rotatable bonds is 4. The quantitative estimate of drug-likeness (QED) is 0.782. The van der Waals surface area contributed by atoms with Crippen LogP contribution in [0.15, 0.2) is 12.1 Å². The molecule has 1 aromatic rings. The molecule has 2 fully saturated rings. The summed E-state index contributed by atoms with van der Waals surface area (Å²) >= 11 is 11.8. The molecule has 2 aliphatic rings. The summed E-state index contributed by atoms with van der Waals surface area (Å²) in [4.78, 5) is 28.8. The molecule has 0 unspecified atom stereocenters. The lowest BCUT2D eigenvalue weighted by Crippen LogP contribution is -2.50. The van der Waals surface area contributed by atoms with Crippen LogP contribution >= 0.6 is 23.2 Å². The van der Waals surface area contributed by atoms with Crippen LogP contribution in [-0.2, 0) is 9.53 Å². The maximum Gasteiger partial charge on any atom is 0.255 e. The maximum absolute atomic E-state index is 12.4. The highest BCUT2D eigenvalue weighted by molar-refractivity contribution is 6.36. The number of amides is 2. The van der Waals surface area contributed by atoms with Gasteiger partial charge in [0.15, 0.2) is 0 Å². The third-order valence-electron chi connectivity index (χ3n) is 4.92. The van der Waals surface area contributed by atoms with Gasteiger partial charge < -0.3 is 20.1 Å². The van der Waals surface area contributed by atoms with Crippen LogP contribution in [0.5, 0.6) is 5.75 Å². The summed E-state index contributed by atoms with van der Waals surface area (Å²) in [7, 11) is 0. The maximum atomic E-state index is 12.4. The smallest absolute Gasteiger partial charge is 0.255 e. The van der Waals surface area contributed by atoms with E-state index in [1.807, 2.05) is 4.90 Å². The van der Waals surface area contributed by atoms with Crippen LogP contribution in [-0.4, -0.2) is 78.7 Å². The number of carbonyl (C=O) groups is 2. The summed E-state index contributed by atoms with van der Waals surface area (Å²) in [5, 5.41) is 13.2. The van der Waals surface area contributed by atoms with E-state index in [-0.39, 0.29) is 33.3 Å². The minimum absolute atomic E-state index is 0.0381. The minimum atomic E-state index is -0.421. The molecule has 0 spiro atoms. The number of nitrogens with zero attached hydrogens (tertiary/aromatic N) is 2. The average Bonchev–Trinajstić information content (AvgIpc) is 2.66. The number of carbonyl (C=O) groups excluding carboxylic acids is 2. The lowest BCUT2D eigenvalue weighted by Gasteiger charge is -2.34. The van der Waals surface area contributed by atoms with Crippen LogP contribution in [0.3, 0.4) is 0 Å². The van der Waals surface area contributed by atoms with E-state index in [9.17, 15) is 14.7 Å². The van der Waals surface area contributed by atoms with E-state index in [2.05, 4.69) is 10.2 Å². The number of nitrogens with one attached hydrogen (secondary N) is 1. The number of piperidine rings is 1. The number of hydrogen-bond donors (Lipinski definition) is 2. The van der Waals surface area contributed by atoms with Gasteiger partial charge in [0.25, 0.3) is 5.91 Å². The van der Waals surface area contributed by atoms with Gasteiger partial charge >= 0.3 is 0 Å². The summed E-state index contributed by atoms with van der Waals surface area (Å²) in [5.74, 6) is -0.590. The van der Waals surface area contributed by atoms with Gasteiger partial charge in [0.2, 0.25) is 5.91 Å². The monoisotopic (exact) mass is 415 g/mol. The van der Waals surface area contributed by atoms with Crippen molar-refractivity contribution in [3.63, 3.8) is 0 Å². The van der Waals surface area contributed by atoms with Crippen molar-refractivity contribution in [3.8, 4) is 5.75 Å². The Labute approximate surface area is 168 Å². The molecule has 0 radical (unpaired) electrons. The van der Waals surface area contributed by atoms with Crippen molar-refractivity contribution in [1.29, 1.82) is 0 Å². The van der Waals surface area contributed by atoms with Crippen molar-refractivity contribution in [2.75, 3.05) is 45.9 Å².